The van der Waals surface area contributed by atoms with Crippen molar-refractivity contribution in [3.05, 3.63) is 90.6 Å². The Bertz CT molecular complexity index is 1540. The fourth-order valence-corrected chi connectivity index (χ4v) is 4.39. The Morgan fingerprint density at radius 2 is 1.05 bits per heavy atom. The van der Waals surface area contributed by atoms with Gasteiger partial charge in [-0.25, -0.2) is 4.98 Å². The monoisotopic (exact) mass is 521 g/mol. The standard InChI is InChI=1S/C32H27NO6/c1-20-10-29(38-27-8-4-21-11-25(6-2-23(21)13-27)34-16-30-18-36-30)15-32(33-20)39-28-9-5-22-12-26(7-3-24(22)14-28)35-17-31-19-37-31/h2-15,30-31H,16-19H2,1H3. The molecule has 4 aromatic carbocycles. The molecule has 1 aromatic heterocycles. The van der Waals surface area contributed by atoms with Gasteiger partial charge in [0, 0.05) is 17.8 Å². The Hall–Kier alpha value is -4.33. The van der Waals surface area contributed by atoms with E-state index in [0.29, 0.717) is 30.6 Å². The molecule has 0 amide bonds. The van der Waals surface area contributed by atoms with Crippen LogP contribution in [0.15, 0.2) is 84.9 Å². The summed E-state index contributed by atoms with van der Waals surface area (Å²) in [5, 5.41) is 4.27. The summed E-state index contributed by atoms with van der Waals surface area (Å²) >= 11 is 0. The minimum absolute atomic E-state index is 0.231. The average molecular weight is 522 g/mol. The van der Waals surface area contributed by atoms with Crippen LogP contribution in [0.1, 0.15) is 5.69 Å². The van der Waals surface area contributed by atoms with Gasteiger partial charge in [-0.3, -0.25) is 0 Å². The van der Waals surface area contributed by atoms with Crippen LogP contribution in [0.25, 0.3) is 21.5 Å². The second-order valence-corrected chi connectivity index (χ2v) is 9.86. The van der Waals surface area contributed by atoms with Crippen LogP contribution in [-0.2, 0) is 9.47 Å². The van der Waals surface area contributed by atoms with Crippen LogP contribution in [-0.4, -0.2) is 43.6 Å². The Kier molecular flexibility index (Phi) is 6.15. The SMILES string of the molecule is Cc1cc(Oc2ccc3cc(OCC4CO4)ccc3c2)cc(Oc2ccc3cc(OCC4CO4)ccc3c2)n1. The summed E-state index contributed by atoms with van der Waals surface area (Å²) < 4.78 is 34.4. The Labute approximate surface area is 225 Å². The van der Waals surface area contributed by atoms with Gasteiger partial charge >= 0.3 is 0 Å². The smallest absolute Gasteiger partial charge is 0.223 e. The van der Waals surface area contributed by atoms with Crippen molar-refractivity contribution in [1.82, 2.24) is 4.98 Å². The van der Waals surface area contributed by atoms with Crippen LogP contribution in [0, 0.1) is 6.92 Å². The lowest BCUT2D eigenvalue weighted by atomic mass is 10.1. The summed E-state index contributed by atoms with van der Waals surface area (Å²) in [6, 6.07) is 27.7. The average Bonchev–Trinajstić information content (AvgIpc) is 3.86. The third-order valence-electron chi connectivity index (χ3n) is 6.60. The van der Waals surface area contributed by atoms with Gasteiger partial charge in [0.05, 0.1) is 13.2 Å². The highest BCUT2D eigenvalue weighted by Crippen LogP contribution is 2.32. The number of rotatable bonds is 10. The predicted molar refractivity (Wildman–Crippen MR) is 147 cm³/mol. The number of aromatic nitrogens is 1. The van der Waals surface area contributed by atoms with Gasteiger partial charge in [0.1, 0.15) is 54.2 Å². The summed E-state index contributed by atoms with van der Waals surface area (Å²) in [6.45, 7) is 4.66. The van der Waals surface area contributed by atoms with E-state index in [9.17, 15) is 0 Å². The van der Waals surface area contributed by atoms with E-state index in [1.807, 2.05) is 85.8 Å². The van der Waals surface area contributed by atoms with Crippen molar-refractivity contribution in [2.45, 2.75) is 19.1 Å². The molecule has 0 saturated carbocycles. The van der Waals surface area contributed by atoms with Crippen molar-refractivity contribution in [3.8, 4) is 34.6 Å². The van der Waals surface area contributed by atoms with Crippen LogP contribution in [0.2, 0.25) is 0 Å². The first-order valence-corrected chi connectivity index (χ1v) is 13.0. The number of nitrogens with zero attached hydrogens (tertiary/aromatic N) is 1. The van der Waals surface area contributed by atoms with Crippen LogP contribution in [0.5, 0.6) is 34.6 Å². The maximum absolute atomic E-state index is 6.20. The first kappa shape index (κ1) is 23.8. The van der Waals surface area contributed by atoms with E-state index in [1.165, 1.54) is 0 Å². The Morgan fingerprint density at radius 1 is 0.590 bits per heavy atom. The topological polar surface area (TPSA) is 74.9 Å². The normalized spacial score (nSPS) is 17.7. The van der Waals surface area contributed by atoms with Crippen LogP contribution in [0.3, 0.4) is 0 Å². The maximum atomic E-state index is 6.20. The van der Waals surface area contributed by atoms with Crippen LogP contribution in [0.4, 0.5) is 0 Å². The summed E-state index contributed by atoms with van der Waals surface area (Å²) in [5.41, 5.74) is 0.798. The molecule has 3 heterocycles. The number of benzene rings is 4. The molecule has 0 bridgehead atoms. The molecule has 2 unspecified atom stereocenters. The highest BCUT2D eigenvalue weighted by atomic mass is 16.6. The molecule has 0 aliphatic carbocycles. The largest absolute Gasteiger partial charge is 0.491 e. The van der Waals surface area contributed by atoms with Gasteiger partial charge in [0.15, 0.2) is 0 Å². The molecule has 2 fully saturated rings. The minimum atomic E-state index is 0.231. The van der Waals surface area contributed by atoms with Crippen molar-refractivity contribution in [3.63, 3.8) is 0 Å². The fraction of sp³-hybridized carbons (Fsp3) is 0.219. The van der Waals surface area contributed by atoms with Crippen molar-refractivity contribution >= 4 is 21.5 Å². The van der Waals surface area contributed by atoms with Gasteiger partial charge in [-0.05, 0) is 77.0 Å². The van der Waals surface area contributed by atoms with Gasteiger partial charge < -0.3 is 28.4 Å². The molecule has 2 aliphatic heterocycles. The van der Waals surface area contributed by atoms with Gasteiger partial charge in [-0.1, -0.05) is 24.3 Å². The summed E-state index contributed by atoms with van der Waals surface area (Å²) in [4.78, 5) is 4.55. The molecule has 2 atom stereocenters. The lowest BCUT2D eigenvalue weighted by Crippen LogP contribution is -2.03. The summed E-state index contributed by atoms with van der Waals surface area (Å²) in [7, 11) is 0. The molecule has 39 heavy (non-hydrogen) atoms. The number of pyridine rings is 1. The molecule has 0 N–H and O–H groups in total. The number of hydrogen-bond acceptors (Lipinski definition) is 7. The highest BCUT2D eigenvalue weighted by Gasteiger charge is 2.23. The first-order chi connectivity index (χ1) is 19.1. The molecular formula is C32H27NO6. The lowest BCUT2D eigenvalue weighted by Gasteiger charge is -2.12. The third kappa shape index (κ3) is 5.90. The number of ether oxygens (including phenoxy) is 6. The van der Waals surface area contributed by atoms with Gasteiger partial charge in [-0.2, -0.15) is 0 Å². The second kappa shape index (κ2) is 10.1. The Morgan fingerprint density at radius 3 is 1.56 bits per heavy atom. The zero-order valence-corrected chi connectivity index (χ0v) is 21.5. The molecule has 7 nitrogen and oxygen atoms in total. The molecule has 7 rings (SSSR count). The minimum Gasteiger partial charge on any atom is -0.491 e. The van der Waals surface area contributed by atoms with E-state index in [4.69, 9.17) is 28.4 Å². The number of hydrogen-bond donors (Lipinski definition) is 0. The Balaban J connectivity index is 1.05. The van der Waals surface area contributed by atoms with Gasteiger partial charge in [-0.15, -0.1) is 0 Å². The number of aryl methyl sites for hydroxylation is 1. The second-order valence-electron chi connectivity index (χ2n) is 9.86. The van der Waals surface area contributed by atoms with Crippen LogP contribution < -0.4 is 18.9 Å². The van der Waals surface area contributed by atoms with Gasteiger partial charge in [0.25, 0.3) is 0 Å². The van der Waals surface area contributed by atoms with E-state index in [1.54, 1.807) is 6.07 Å². The lowest BCUT2D eigenvalue weighted by molar-refractivity contribution is 0.263. The van der Waals surface area contributed by atoms with E-state index in [0.717, 1.165) is 57.7 Å². The van der Waals surface area contributed by atoms with E-state index < -0.39 is 0 Å². The van der Waals surface area contributed by atoms with Crippen molar-refractivity contribution < 1.29 is 28.4 Å². The van der Waals surface area contributed by atoms with Crippen molar-refractivity contribution in [2.24, 2.45) is 0 Å². The van der Waals surface area contributed by atoms with Gasteiger partial charge in [0.2, 0.25) is 5.88 Å². The van der Waals surface area contributed by atoms with E-state index >= 15 is 0 Å². The first-order valence-electron chi connectivity index (χ1n) is 13.0. The van der Waals surface area contributed by atoms with E-state index in [2.05, 4.69) is 4.98 Å². The fourth-order valence-electron chi connectivity index (χ4n) is 4.39. The predicted octanol–water partition coefficient (Wildman–Crippen LogP) is 6.84. The molecule has 2 aliphatic rings. The molecule has 7 heteroatoms. The summed E-state index contributed by atoms with van der Waals surface area (Å²) in [5.74, 6) is 4.23. The zero-order valence-electron chi connectivity index (χ0n) is 21.5. The number of fused-ring (bicyclic) bond motifs is 2. The molecule has 2 saturated heterocycles. The van der Waals surface area contributed by atoms with E-state index in [-0.39, 0.29) is 12.2 Å². The zero-order chi connectivity index (χ0) is 26.2. The molecule has 0 spiro atoms. The summed E-state index contributed by atoms with van der Waals surface area (Å²) in [6.07, 6.45) is 0.463. The van der Waals surface area contributed by atoms with Crippen molar-refractivity contribution in [2.75, 3.05) is 26.4 Å². The molecule has 5 aromatic rings. The maximum Gasteiger partial charge on any atom is 0.223 e. The van der Waals surface area contributed by atoms with Crippen LogP contribution >= 0.6 is 0 Å². The van der Waals surface area contributed by atoms with Crippen molar-refractivity contribution in [1.29, 1.82) is 0 Å². The molecule has 196 valence electrons. The number of epoxide rings is 2. The molecule has 0 radical (unpaired) electrons. The highest BCUT2D eigenvalue weighted by molar-refractivity contribution is 5.86. The third-order valence-corrected chi connectivity index (χ3v) is 6.60. The molecular weight excluding hydrogens is 494 g/mol. The quantitative estimate of drug-likeness (QED) is 0.186.